The maximum atomic E-state index is 12.0. The predicted octanol–water partition coefficient (Wildman–Crippen LogP) is 1.36. The van der Waals surface area contributed by atoms with E-state index in [1.807, 2.05) is 31.2 Å². The van der Waals surface area contributed by atoms with E-state index in [9.17, 15) is 9.59 Å². The van der Waals surface area contributed by atoms with Gasteiger partial charge in [-0.1, -0.05) is 23.9 Å². The van der Waals surface area contributed by atoms with Crippen LogP contribution in [0.4, 0.5) is 0 Å². The molecule has 0 bridgehead atoms. The number of aromatic nitrogens is 4. The summed E-state index contributed by atoms with van der Waals surface area (Å²) < 4.78 is 12.3. The summed E-state index contributed by atoms with van der Waals surface area (Å²) in [6, 6.07) is 7.58. The van der Waals surface area contributed by atoms with Crippen molar-refractivity contribution in [2.24, 2.45) is 0 Å². The van der Waals surface area contributed by atoms with E-state index < -0.39 is 12.1 Å². The van der Waals surface area contributed by atoms with E-state index in [1.165, 1.54) is 4.68 Å². The van der Waals surface area contributed by atoms with Gasteiger partial charge < -0.3 is 14.8 Å². The van der Waals surface area contributed by atoms with Crippen molar-refractivity contribution in [3.05, 3.63) is 24.3 Å². The molecular weight excluding hydrogens is 370 g/mol. The molecule has 3 rings (SSSR count). The van der Waals surface area contributed by atoms with Crippen LogP contribution < -0.4 is 10.1 Å². The van der Waals surface area contributed by atoms with E-state index >= 15 is 0 Å². The minimum Gasteiger partial charge on any atom is -0.492 e. The van der Waals surface area contributed by atoms with Gasteiger partial charge in [-0.2, -0.15) is 4.68 Å². The molecule has 1 aliphatic carbocycles. The van der Waals surface area contributed by atoms with E-state index in [0.29, 0.717) is 23.2 Å². The van der Waals surface area contributed by atoms with Crippen molar-refractivity contribution in [2.75, 3.05) is 12.4 Å². The molecule has 1 atom stereocenters. The minimum absolute atomic E-state index is 0.0157. The van der Waals surface area contributed by atoms with Gasteiger partial charge in [0.1, 0.15) is 11.4 Å². The zero-order chi connectivity index (χ0) is 19.2. The average Bonchev–Trinajstić information content (AvgIpc) is 3.35. The van der Waals surface area contributed by atoms with Gasteiger partial charge in [-0.25, -0.2) is 0 Å². The van der Waals surface area contributed by atoms with Gasteiger partial charge in [0, 0.05) is 6.04 Å². The van der Waals surface area contributed by atoms with Crippen molar-refractivity contribution >= 4 is 23.6 Å². The van der Waals surface area contributed by atoms with Crippen LogP contribution in [0.2, 0.25) is 0 Å². The molecule has 10 heteroatoms. The fraction of sp³-hybridized carbons (Fsp3) is 0.471. The summed E-state index contributed by atoms with van der Waals surface area (Å²) in [5.41, 5.74) is 0.678. The summed E-state index contributed by atoms with van der Waals surface area (Å²) in [6.07, 6.45) is 1.14. The summed E-state index contributed by atoms with van der Waals surface area (Å²) in [5.74, 6) is -0.155. The molecule has 0 spiro atoms. The predicted molar refractivity (Wildman–Crippen MR) is 97.8 cm³/mol. The maximum Gasteiger partial charge on any atom is 0.317 e. The van der Waals surface area contributed by atoms with Gasteiger partial charge in [0.15, 0.2) is 6.10 Å². The molecule has 1 aromatic heterocycles. The molecule has 2 aromatic rings. The number of carbonyl (C=O) groups excluding carboxylic acids is 2. The lowest BCUT2D eigenvalue weighted by Crippen LogP contribution is -2.37. The Morgan fingerprint density at radius 1 is 1.37 bits per heavy atom. The number of benzene rings is 1. The largest absolute Gasteiger partial charge is 0.492 e. The van der Waals surface area contributed by atoms with E-state index in [0.717, 1.165) is 24.6 Å². The second-order valence-corrected chi connectivity index (χ2v) is 6.92. The van der Waals surface area contributed by atoms with Gasteiger partial charge >= 0.3 is 5.97 Å². The highest BCUT2D eigenvalue weighted by Crippen LogP contribution is 2.26. The van der Waals surface area contributed by atoms with Gasteiger partial charge in [-0.05, 0) is 49.2 Å². The first-order valence-corrected chi connectivity index (χ1v) is 9.70. The Balaban J connectivity index is 1.58. The van der Waals surface area contributed by atoms with Crippen LogP contribution in [0.25, 0.3) is 5.69 Å². The summed E-state index contributed by atoms with van der Waals surface area (Å²) in [5, 5.41) is 14.8. The summed E-state index contributed by atoms with van der Waals surface area (Å²) in [6.45, 7) is 3.96. The highest BCUT2D eigenvalue weighted by atomic mass is 32.2. The molecule has 1 aliphatic rings. The van der Waals surface area contributed by atoms with Gasteiger partial charge in [-0.15, -0.1) is 5.10 Å². The quantitative estimate of drug-likeness (QED) is 0.504. The van der Waals surface area contributed by atoms with Crippen LogP contribution in [-0.4, -0.2) is 56.6 Å². The summed E-state index contributed by atoms with van der Waals surface area (Å²) in [4.78, 5) is 23.9. The van der Waals surface area contributed by atoms with Gasteiger partial charge in [0.05, 0.1) is 12.4 Å². The summed E-state index contributed by atoms with van der Waals surface area (Å²) in [7, 11) is 0. The number of thioether (sulfide) groups is 1. The fourth-order valence-electron chi connectivity index (χ4n) is 2.28. The molecule has 0 radical (unpaired) electrons. The monoisotopic (exact) mass is 391 g/mol. The molecule has 0 saturated heterocycles. The molecule has 9 nitrogen and oxygen atoms in total. The van der Waals surface area contributed by atoms with Crippen molar-refractivity contribution < 1.29 is 19.1 Å². The third-order valence-corrected chi connectivity index (χ3v) is 4.65. The van der Waals surface area contributed by atoms with Crippen LogP contribution in [0.5, 0.6) is 5.75 Å². The van der Waals surface area contributed by atoms with Gasteiger partial charge in [0.2, 0.25) is 5.16 Å². The molecule has 1 amide bonds. The maximum absolute atomic E-state index is 12.0. The Morgan fingerprint density at radius 2 is 2.15 bits per heavy atom. The molecule has 27 heavy (non-hydrogen) atoms. The number of amides is 1. The normalized spacial score (nSPS) is 14.4. The molecule has 144 valence electrons. The molecule has 1 aromatic carbocycles. The lowest BCUT2D eigenvalue weighted by atomic mass is 10.3. The number of nitrogens with zero attached hydrogens (tertiary/aromatic N) is 4. The fourth-order valence-corrected chi connectivity index (χ4v) is 2.95. The Hall–Kier alpha value is -2.62. The molecule has 1 heterocycles. The lowest BCUT2D eigenvalue weighted by Gasteiger charge is -2.13. The average molecular weight is 391 g/mol. The van der Waals surface area contributed by atoms with E-state index in [1.54, 1.807) is 6.92 Å². The second kappa shape index (κ2) is 8.85. The van der Waals surface area contributed by atoms with Crippen LogP contribution in [-0.2, 0) is 14.3 Å². The van der Waals surface area contributed by atoms with Crippen LogP contribution in [0.15, 0.2) is 29.4 Å². The number of hydrogen-bond donors (Lipinski definition) is 1. The Kier molecular flexibility index (Phi) is 6.28. The second-order valence-electron chi connectivity index (χ2n) is 5.98. The first-order chi connectivity index (χ1) is 13.1. The van der Waals surface area contributed by atoms with Crippen molar-refractivity contribution in [2.45, 2.75) is 44.0 Å². The zero-order valence-corrected chi connectivity index (χ0v) is 15.9. The molecule has 1 saturated carbocycles. The van der Waals surface area contributed by atoms with E-state index in [-0.39, 0.29) is 17.7 Å². The standard InChI is InChI=1S/C17H21N5O4S/c1-3-25-14-7-5-4-6-13(14)22-17(19-20-21-22)27-10-15(23)26-11(2)16(24)18-12-8-9-12/h4-7,11-12H,3,8-10H2,1-2H3,(H,18,24)/t11-/m1/s1. The van der Waals surface area contributed by atoms with E-state index in [4.69, 9.17) is 9.47 Å². The van der Waals surface area contributed by atoms with E-state index in [2.05, 4.69) is 20.8 Å². The van der Waals surface area contributed by atoms with Gasteiger partial charge in [0.25, 0.3) is 5.91 Å². The number of esters is 1. The van der Waals surface area contributed by atoms with Crippen molar-refractivity contribution in [1.29, 1.82) is 0 Å². The number of carbonyl (C=O) groups is 2. The highest BCUT2D eigenvalue weighted by molar-refractivity contribution is 7.99. The van der Waals surface area contributed by atoms with Crippen LogP contribution in [0, 0.1) is 0 Å². The minimum atomic E-state index is -0.826. The van der Waals surface area contributed by atoms with Crippen LogP contribution in [0.3, 0.4) is 0 Å². The number of rotatable bonds is 9. The third-order valence-electron chi connectivity index (χ3n) is 3.75. The Labute approximate surface area is 160 Å². The molecular formula is C17H21N5O4S. The SMILES string of the molecule is CCOc1ccccc1-n1nnnc1SCC(=O)O[C@H](C)C(=O)NC1CC1. The number of hydrogen-bond acceptors (Lipinski definition) is 8. The number of para-hydroxylation sites is 2. The summed E-state index contributed by atoms with van der Waals surface area (Å²) >= 11 is 1.13. The smallest absolute Gasteiger partial charge is 0.317 e. The van der Waals surface area contributed by atoms with Crippen LogP contribution in [0.1, 0.15) is 26.7 Å². The topological polar surface area (TPSA) is 108 Å². The first kappa shape index (κ1) is 19.2. The van der Waals surface area contributed by atoms with Gasteiger partial charge in [-0.3, -0.25) is 9.59 Å². The number of ether oxygens (including phenoxy) is 2. The van der Waals surface area contributed by atoms with Crippen molar-refractivity contribution in [3.8, 4) is 11.4 Å². The molecule has 0 unspecified atom stereocenters. The molecule has 1 fully saturated rings. The van der Waals surface area contributed by atoms with Crippen molar-refractivity contribution in [1.82, 2.24) is 25.5 Å². The zero-order valence-electron chi connectivity index (χ0n) is 15.1. The highest BCUT2D eigenvalue weighted by Gasteiger charge is 2.27. The number of nitrogens with one attached hydrogen (secondary N) is 1. The molecule has 1 N–H and O–H groups in total. The lowest BCUT2D eigenvalue weighted by molar-refractivity contribution is -0.152. The van der Waals surface area contributed by atoms with Crippen molar-refractivity contribution in [3.63, 3.8) is 0 Å². The third kappa shape index (κ3) is 5.19. The Bertz CT molecular complexity index is 808. The first-order valence-electron chi connectivity index (χ1n) is 8.71. The number of tetrazole rings is 1. The van der Waals surface area contributed by atoms with Crippen LogP contribution >= 0.6 is 11.8 Å². The molecule has 0 aliphatic heterocycles. The Morgan fingerprint density at radius 3 is 2.89 bits per heavy atom.